The van der Waals surface area contributed by atoms with Gasteiger partial charge in [-0.15, -0.1) is 0 Å². The first-order chi connectivity index (χ1) is 10.8. The van der Waals surface area contributed by atoms with Crippen molar-refractivity contribution in [2.45, 2.75) is 0 Å². The first-order valence-corrected chi connectivity index (χ1v) is 7.45. The SMILES string of the molecule is C=C/C=C\C(=C)c1ccc2c3c(cccc13)-c1ccccc1-2. The Labute approximate surface area is 130 Å². The summed E-state index contributed by atoms with van der Waals surface area (Å²) in [6, 6.07) is 19.6. The second-order valence-electron chi connectivity index (χ2n) is 5.55. The summed E-state index contributed by atoms with van der Waals surface area (Å²) in [5.74, 6) is 0. The molecule has 0 bridgehead atoms. The number of benzene rings is 3. The predicted octanol–water partition coefficient (Wildman–Crippen LogP) is 6.24. The highest BCUT2D eigenvalue weighted by atomic mass is 14.2. The molecule has 0 saturated heterocycles. The standard InChI is InChI=1S/C22H16/c1-3-4-8-15(2)16-13-14-21-18-10-6-5-9-17(18)20-12-7-11-19(16)22(20)21/h3-14H,1-2H2/b8-4-. The summed E-state index contributed by atoms with van der Waals surface area (Å²) < 4.78 is 0. The van der Waals surface area contributed by atoms with Crippen molar-refractivity contribution in [3.05, 3.63) is 91.5 Å². The molecule has 0 nitrogen and oxygen atoms in total. The molecule has 0 N–H and O–H groups in total. The van der Waals surface area contributed by atoms with Gasteiger partial charge in [0.2, 0.25) is 0 Å². The van der Waals surface area contributed by atoms with E-state index in [4.69, 9.17) is 0 Å². The van der Waals surface area contributed by atoms with E-state index in [0.717, 1.165) is 5.57 Å². The van der Waals surface area contributed by atoms with E-state index < -0.39 is 0 Å². The quantitative estimate of drug-likeness (QED) is 0.389. The van der Waals surface area contributed by atoms with Crippen molar-refractivity contribution in [2.75, 3.05) is 0 Å². The van der Waals surface area contributed by atoms with Crippen molar-refractivity contribution in [2.24, 2.45) is 0 Å². The summed E-state index contributed by atoms with van der Waals surface area (Å²) in [5, 5.41) is 2.61. The third-order valence-electron chi connectivity index (χ3n) is 4.33. The van der Waals surface area contributed by atoms with Crippen LogP contribution in [0.1, 0.15) is 5.56 Å². The van der Waals surface area contributed by atoms with Crippen LogP contribution in [-0.2, 0) is 0 Å². The Kier molecular flexibility index (Phi) is 2.83. The molecule has 1 aliphatic carbocycles. The molecule has 0 amide bonds. The molecular weight excluding hydrogens is 264 g/mol. The van der Waals surface area contributed by atoms with Gasteiger partial charge in [-0.25, -0.2) is 0 Å². The minimum absolute atomic E-state index is 1.01. The van der Waals surface area contributed by atoms with Crippen LogP contribution in [-0.4, -0.2) is 0 Å². The van der Waals surface area contributed by atoms with E-state index in [1.165, 1.54) is 38.6 Å². The third-order valence-corrected chi connectivity index (χ3v) is 4.33. The zero-order valence-corrected chi connectivity index (χ0v) is 12.3. The lowest BCUT2D eigenvalue weighted by atomic mass is 9.95. The van der Waals surface area contributed by atoms with Gasteiger partial charge in [0.05, 0.1) is 0 Å². The molecule has 22 heavy (non-hydrogen) atoms. The Balaban J connectivity index is 2.04. The highest BCUT2D eigenvalue weighted by molar-refractivity contribution is 6.17. The molecule has 0 heterocycles. The van der Waals surface area contributed by atoms with Gasteiger partial charge in [-0.2, -0.15) is 0 Å². The molecule has 0 saturated carbocycles. The van der Waals surface area contributed by atoms with E-state index in [2.05, 4.69) is 67.8 Å². The fourth-order valence-electron chi connectivity index (χ4n) is 3.36. The van der Waals surface area contributed by atoms with Crippen LogP contribution >= 0.6 is 0 Å². The fourth-order valence-corrected chi connectivity index (χ4v) is 3.36. The van der Waals surface area contributed by atoms with Gasteiger partial charge in [0.25, 0.3) is 0 Å². The van der Waals surface area contributed by atoms with Crippen molar-refractivity contribution < 1.29 is 0 Å². The average molecular weight is 280 g/mol. The lowest BCUT2D eigenvalue weighted by Crippen LogP contribution is -1.85. The second-order valence-corrected chi connectivity index (χ2v) is 5.55. The molecule has 104 valence electrons. The average Bonchev–Trinajstić information content (AvgIpc) is 2.90. The number of hydrogen-bond acceptors (Lipinski definition) is 0. The minimum Gasteiger partial charge on any atom is -0.0991 e. The Hall–Kier alpha value is -2.86. The topological polar surface area (TPSA) is 0 Å². The Morgan fingerprint density at radius 3 is 2.18 bits per heavy atom. The smallest absolute Gasteiger partial charge is 0.00201 e. The van der Waals surface area contributed by atoms with Crippen LogP contribution in [0.15, 0.2) is 86.0 Å². The lowest BCUT2D eigenvalue weighted by Gasteiger charge is -2.09. The molecule has 0 aromatic heterocycles. The minimum atomic E-state index is 1.01. The summed E-state index contributed by atoms with van der Waals surface area (Å²) in [6.07, 6.45) is 5.72. The normalized spacial score (nSPS) is 11.8. The zero-order chi connectivity index (χ0) is 15.1. The van der Waals surface area contributed by atoms with E-state index in [0.29, 0.717) is 0 Å². The van der Waals surface area contributed by atoms with E-state index in [1.54, 1.807) is 6.08 Å². The first-order valence-electron chi connectivity index (χ1n) is 7.45. The summed E-state index contributed by atoms with van der Waals surface area (Å²) in [7, 11) is 0. The van der Waals surface area contributed by atoms with Gasteiger partial charge in [0.1, 0.15) is 0 Å². The van der Waals surface area contributed by atoms with E-state index in [9.17, 15) is 0 Å². The molecule has 0 radical (unpaired) electrons. The van der Waals surface area contributed by atoms with Crippen LogP contribution < -0.4 is 0 Å². The molecule has 3 aromatic rings. The van der Waals surface area contributed by atoms with E-state index in [-0.39, 0.29) is 0 Å². The predicted molar refractivity (Wildman–Crippen MR) is 96.7 cm³/mol. The molecule has 0 fully saturated rings. The third kappa shape index (κ3) is 1.71. The summed E-state index contributed by atoms with van der Waals surface area (Å²) in [5.41, 5.74) is 7.50. The number of rotatable bonds is 3. The highest BCUT2D eigenvalue weighted by Gasteiger charge is 2.21. The van der Waals surface area contributed by atoms with Crippen molar-refractivity contribution in [1.29, 1.82) is 0 Å². The van der Waals surface area contributed by atoms with Gasteiger partial charge in [-0.05, 0) is 44.2 Å². The molecule has 0 heteroatoms. The fraction of sp³-hybridized carbons (Fsp3) is 0. The van der Waals surface area contributed by atoms with Crippen LogP contribution in [0.4, 0.5) is 0 Å². The summed E-state index contributed by atoms with van der Waals surface area (Å²) >= 11 is 0. The maximum atomic E-state index is 4.21. The molecular formula is C22H16. The molecule has 0 atom stereocenters. The van der Waals surface area contributed by atoms with E-state index in [1.807, 2.05) is 12.2 Å². The monoisotopic (exact) mass is 280 g/mol. The van der Waals surface area contributed by atoms with Gasteiger partial charge < -0.3 is 0 Å². The van der Waals surface area contributed by atoms with Gasteiger partial charge in [-0.3, -0.25) is 0 Å². The summed E-state index contributed by atoms with van der Waals surface area (Å²) in [4.78, 5) is 0. The van der Waals surface area contributed by atoms with Crippen molar-refractivity contribution in [1.82, 2.24) is 0 Å². The summed E-state index contributed by atoms with van der Waals surface area (Å²) in [6.45, 7) is 7.93. The van der Waals surface area contributed by atoms with Gasteiger partial charge in [0.15, 0.2) is 0 Å². The Bertz CT molecular complexity index is 926. The van der Waals surface area contributed by atoms with E-state index >= 15 is 0 Å². The highest BCUT2D eigenvalue weighted by Crippen LogP contribution is 2.48. The first kappa shape index (κ1) is 12.8. The number of hydrogen-bond donors (Lipinski definition) is 0. The maximum absolute atomic E-state index is 4.21. The van der Waals surface area contributed by atoms with Crippen LogP contribution in [0, 0.1) is 0 Å². The maximum Gasteiger partial charge on any atom is -0.00201 e. The molecule has 1 aliphatic rings. The van der Waals surface area contributed by atoms with Crippen LogP contribution in [0.5, 0.6) is 0 Å². The molecule has 0 spiro atoms. The largest absolute Gasteiger partial charge is 0.0991 e. The van der Waals surface area contributed by atoms with Crippen LogP contribution in [0.2, 0.25) is 0 Å². The number of allylic oxidation sites excluding steroid dienone is 4. The zero-order valence-electron chi connectivity index (χ0n) is 12.3. The molecule has 3 aromatic carbocycles. The lowest BCUT2D eigenvalue weighted by molar-refractivity contribution is 1.69. The van der Waals surface area contributed by atoms with Crippen LogP contribution in [0.25, 0.3) is 38.6 Å². The Morgan fingerprint density at radius 1 is 0.773 bits per heavy atom. The molecule has 0 unspecified atom stereocenters. The van der Waals surface area contributed by atoms with Crippen molar-refractivity contribution in [3.8, 4) is 22.3 Å². The van der Waals surface area contributed by atoms with Gasteiger partial charge in [-0.1, -0.05) is 86.0 Å². The second kappa shape index (κ2) is 4.85. The molecule has 0 aliphatic heterocycles. The van der Waals surface area contributed by atoms with Crippen molar-refractivity contribution >= 4 is 16.3 Å². The Morgan fingerprint density at radius 2 is 1.45 bits per heavy atom. The molecule has 4 rings (SSSR count). The van der Waals surface area contributed by atoms with Crippen molar-refractivity contribution in [3.63, 3.8) is 0 Å². The van der Waals surface area contributed by atoms with Crippen LogP contribution in [0.3, 0.4) is 0 Å². The number of fused-ring (bicyclic) bond motifs is 3. The van der Waals surface area contributed by atoms with Gasteiger partial charge in [0, 0.05) is 0 Å². The van der Waals surface area contributed by atoms with Gasteiger partial charge >= 0.3 is 0 Å².